The van der Waals surface area contributed by atoms with Gasteiger partial charge in [-0.25, -0.2) is 9.97 Å². The van der Waals surface area contributed by atoms with Crippen molar-refractivity contribution in [2.75, 3.05) is 12.4 Å². The van der Waals surface area contributed by atoms with E-state index in [9.17, 15) is 0 Å². The van der Waals surface area contributed by atoms with E-state index in [1.54, 1.807) is 0 Å². The third kappa shape index (κ3) is 1.70. The second kappa shape index (κ2) is 4.50. The van der Waals surface area contributed by atoms with E-state index >= 15 is 0 Å². The number of aryl methyl sites for hydroxylation is 2. The molecule has 0 saturated heterocycles. The van der Waals surface area contributed by atoms with Crippen LogP contribution in [0, 0.1) is 0 Å². The van der Waals surface area contributed by atoms with Gasteiger partial charge in [0, 0.05) is 17.8 Å². The summed E-state index contributed by atoms with van der Waals surface area (Å²) in [7, 11) is 1.96. The molecule has 96 valence electrons. The second-order valence-electron chi connectivity index (χ2n) is 5.03. The summed E-state index contributed by atoms with van der Waals surface area (Å²) in [4.78, 5) is 12.2. The summed E-state index contributed by atoms with van der Waals surface area (Å²) < 4.78 is 0. The highest BCUT2D eigenvalue weighted by Gasteiger charge is 2.22. The van der Waals surface area contributed by atoms with Gasteiger partial charge in [-0.15, -0.1) is 11.3 Å². The van der Waals surface area contributed by atoms with E-state index in [4.69, 9.17) is 9.97 Å². The molecule has 0 bridgehead atoms. The molecule has 2 aromatic rings. The Balaban J connectivity index is 2.23. The van der Waals surface area contributed by atoms with Crippen molar-refractivity contribution in [1.82, 2.24) is 9.97 Å². The van der Waals surface area contributed by atoms with E-state index in [2.05, 4.69) is 19.2 Å². The Bertz CT molecular complexity index is 588. The third-order valence-electron chi connectivity index (χ3n) is 3.87. The molecule has 0 aliphatic heterocycles. The van der Waals surface area contributed by atoms with Crippen LogP contribution in [0.5, 0.6) is 0 Å². The van der Waals surface area contributed by atoms with Crippen LogP contribution in [0.15, 0.2) is 0 Å². The van der Waals surface area contributed by atoms with Gasteiger partial charge in [-0.3, -0.25) is 0 Å². The Hall–Kier alpha value is -1.16. The highest BCUT2D eigenvalue weighted by atomic mass is 32.1. The Morgan fingerprint density at radius 2 is 2.17 bits per heavy atom. The standard InChI is InChI=1S/C14H19N3S/c1-4-8(2)12-16-13(15-3)11-9-6-5-7-10(9)18-14(11)17-12/h8H,4-7H2,1-3H3,(H,15,16,17). The SMILES string of the molecule is CCC(C)c1nc(NC)c2c3c(sc2n1)CCC3. The number of hydrogen-bond donors (Lipinski definition) is 1. The van der Waals surface area contributed by atoms with Gasteiger partial charge in [0.25, 0.3) is 0 Å². The van der Waals surface area contributed by atoms with Crippen LogP contribution < -0.4 is 5.32 Å². The van der Waals surface area contributed by atoms with E-state index < -0.39 is 0 Å². The van der Waals surface area contributed by atoms with Gasteiger partial charge in [0.2, 0.25) is 0 Å². The molecule has 0 aromatic carbocycles. The first-order chi connectivity index (χ1) is 8.74. The zero-order valence-corrected chi connectivity index (χ0v) is 12.0. The third-order valence-corrected chi connectivity index (χ3v) is 5.06. The quantitative estimate of drug-likeness (QED) is 0.914. The largest absolute Gasteiger partial charge is 0.372 e. The van der Waals surface area contributed by atoms with Crippen LogP contribution in [-0.2, 0) is 12.8 Å². The fraction of sp³-hybridized carbons (Fsp3) is 0.571. The molecule has 1 N–H and O–H groups in total. The predicted octanol–water partition coefficient (Wildman–Crippen LogP) is 3.74. The highest BCUT2D eigenvalue weighted by molar-refractivity contribution is 7.19. The summed E-state index contributed by atoms with van der Waals surface area (Å²) in [6, 6.07) is 0. The molecule has 2 aromatic heterocycles. The normalized spacial score (nSPS) is 15.9. The molecular formula is C14H19N3S. The fourth-order valence-electron chi connectivity index (χ4n) is 2.60. The molecule has 0 radical (unpaired) electrons. The number of anilines is 1. The molecule has 0 amide bonds. The van der Waals surface area contributed by atoms with Crippen LogP contribution >= 0.6 is 11.3 Å². The molecule has 0 saturated carbocycles. The summed E-state index contributed by atoms with van der Waals surface area (Å²) in [6.07, 6.45) is 4.78. The first-order valence-electron chi connectivity index (χ1n) is 6.74. The number of aromatic nitrogens is 2. The lowest BCUT2D eigenvalue weighted by Gasteiger charge is -2.10. The van der Waals surface area contributed by atoms with Crippen LogP contribution in [0.1, 0.15) is 48.9 Å². The number of rotatable bonds is 3. The van der Waals surface area contributed by atoms with Crippen LogP contribution in [0.25, 0.3) is 10.2 Å². The maximum atomic E-state index is 4.79. The first kappa shape index (κ1) is 11.9. The Kier molecular flexibility index (Phi) is 2.98. The van der Waals surface area contributed by atoms with Gasteiger partial charge in [0.1, 0.15) is 16.5 Å². The van der Waals surface area contributed by atoms with Gasteiger partial charge < -0.3 is 5.32 Å². The lowest BCUT2D eigenvalue weighted by molar-refractivity contribution is 0.684. The minimum absolute atomic E-state index is 0.429. The lowest BCUT2D eigenvalue weighted by atomic mass is 10.1. The number of nitrogens with zero attached hydrogens (tertiary/aromatic N) is 2. The van der Waals surface area contributed by atoms with Crippen molar-refractivity contribution in [3.8, 4) is 0 Å². The van der Waals surface area contributed by atoms with Gasteiger partial charge in [-0.05, 0) is 31.2 Å². The van der Waals surface area contributed by atoms with E-state index in [1.165, 1.54) is 39.9 Å². The molecule has 2 heterocycles. The van der Waals surface area contributed by atoms with E-state index in [-0.39, 0.29) is 0 Å². The molecule has 0 fully saturated rings. The Labute approximate surface area is 112 Å². The maximum Gasteiger partial charge on any atom is 0.138 e. The average Bonchev–Trinajstić information content (AvgIpc) is 2.96. The van der Waals surface area contributed by atoms with Gasteiger partial charge in [0.15, 0.2) is 0 Å². The molecule has 1 aliphatic carbocycles. The summed E-state index contributed by atoms with van der Waals surface area (Å²) in [5, 5.41) is 4.54. The predicted molar refractivity (Wildman–Crippen MR) is 77.7 cm³/mol. The van der Waals surface area contributed by atoms with Gasteiger partial charge in [-0.2, -0.15) is 0 Å². The number of hydrogen-bond acceptors (Lipinski definition) is 4. The second-order valence-corrected chi connectivity index (χ2v) is 6.11. The Morgan fingerprint density at radius 3 is 2.89 bits per heavy atom. The summed E-state index contributed by atoms with van der Waals surface area (Å²) in [6.45, 7) is 4.38. The molecule has 1 aliphatic rings. The zero-order valence-electron chi connectivity index (χ0n) is 11.2. The lowest BCUT2D eigenvalue weighted by Crippen LogP contribution is -2.04. The molecule has 4 heteroatoms. The van der Waals surface area contributed by atoms with Gasteiger partial charge in [0.05, 0.1) is 5.39 Å². The molecular weight excluding hydrogens is 242 g/mol. The molecule has 18 heavy (non-hydrogen) atoms. The van der Waals surface area contributed by atoms with Crippen molar-refractivity contribution < 1.29 is 0 Å². The fourth-order valence-corrected chi connectivity index (χ4v) is 3.86. The van der Waals surface area contributed by atoms with Crippen molar-refractivity contribution in [2.45, 2.75) is 45.4 Å². The van der Waals surface area contributed by atoms with Gasteiger partial charge in [-0.1, -0.05) is 13.8 Å². The molecule has 3 rings (SSSR count). The minimum Gasteiger partial charge on any atom is -0.372 e. The van der Waals surface area contributed by atoms with Crippen LogP contribution in [0.2, 0.25) is 0 Å². The number of nitrogens with one attached hydrogen (secondary N) is 1. The molecule has 0 spiro atoms. The van der Waals surface area contributed by atoms with Crippen molar-refractivity contribution in [3.05, 3.63) is 16.3 Å². The van der Waals surface area contributed by atoms with Crippen LogP contribution in [-0.4, -0.2) is 17.0 Å². The van der Waals surface area contributed by atoms with Crippen LogP contribution in [0.4, 0.5) is 5.82 Å². The topological polar surface area (TPSA) is 37.8 Å². The first-order valence-corrected chi connectivity index (χ1v) is 7.56. The Morgan fingerprint density at radius 1 is 1.33 bits per heavy atom. The zero-order chi connectivity index (χ0) is 12.7. The summed E-state index contributed by atoms with van der Waals surface area (Å²) >= 11 is 1.87. The van der Waals surface area contributed by atoms with Crippen molar-refractivity contribution in [1.29, 1.82) is 0 Å². The van der Waals surface area contributed by atoms with Crippen molar-refractivity contribution >= 4 is 27.4 Å². The maximum absolute atomic E-state index is 4.79. The monoisotopic (exact) mass is 261 g/mol. The number of thiophene rings is 1. The molecule has 3 nitrogen and oxygen atoms in total. The average molecular weight is 261 g/mol. The van der Waals surface area contributed by atoms with Crippen LogP contribution in [0.3, 0.4) is 0 Å². The molecule has 1 unspecified atom stereocenters. The van der Waals surface area contributed by atoms with E-state index in [1.807, 2.05) is 18.4 Å². The van der Waals surface area contributed by atoms with E-state index in [0.717, 1.165) is 18.1 Å². The number of fused-ring (bicyclic) bond motifs is 3. The van der Waals surface area contributed by atoms with Gasteiger partial charge >= 0.3 is 0 Å². The minimum atomic E-state index is 0.429. The summed E-state index contributed by atoms with van der Waals surface area (Å²) in [5.41, 5.74) is 1.50. The van der Waals surface area contributed by atoms with Crippen molar-refractivity contribution in [3.63, 3.8) is 0 Å². The highest BCUT2D eigenvalue weighted by Crippen LogP contribution is 2.39. The van der Waals surface area contributed by atoms with Crippen molar-refractivity contribution in [2.24, 2.45) is 0 Å². The smallest absolute Gasteiger partial charge is 0.138 e. The summed E-state index contributed by atoms with van der Waals surface area (Å²) in [5.74, 6) is 2.43. The van der Waals surface area contributed by atoms with E-state index in [0.29, 0.717) is 5.92 Å². The molecule has 1 atom stereocenters.